The van der Waals surface area contributed by atoms with Crippen molar-refractivity contribution in [2.75, 3.05) is 13.7 Å². The molecule has 0 aromatic carbocycles. The maximum absolute atomic E-state index is 11.6. The molecule has 0 radical (unpaired) electrons. The highest BCUT2D eigenvalue weighted by Gasteiger charge is 2.50. The van der Waals surface area contributed by atoms with Crippen LogP contribution in [0.2, 0.25) is 0 Å². The lowest BCUT2D eigenvalue weighted by molar-refractivity contribution is -0.149. The number of hydrogen-bond donors (Lipinski definition) is 2. The van der Waals surface area contributed by atoms with Crippen molar-refractivity contribution in [1.82, 2.24) is 4.98 Å². The van der Waals surface area contributed by atoms with E-state index in [0.29, 0.717) is 12.2 Å². The van der Waals surface area contributed by atoms with Crippen molar-refractivity contribution in [3.63, 3.8) is 0 Å². The molecule has 0 bridgehead atoms. The molecule has 0 aliphatic heterocycles. The third-order valence-corrected chi connectivity index (χ3v) is 3.86. The summed E-state index contributed by atoms with van der Waals surface area (Å²) in [6.07, 6.45) is 2.24. The largest absolute Gasteiger partial charge is 0.497 e. The van der Waals surface area contributed by atoms with Crippen molar-refractivity contribution >= 4 is 5.97 Å². The third kappa shape index (κ3) is 2.71. The van der Waals surface area contributed by atoms with Gasteiger partial charge in [0.1, 0.15) is 5.75 Å². The summed E-state index contributed by atoms with van der Waals surface area (Å²) in [5.74, 6) is 0.0534. The first-order chi connectivity index (χ1) is 9.01. The van der Waals surface area contributed by atoms with E-state index in [2.05, 4.69) is 4.98 Å². The number of hydrogen-bond acceptors (Lipinski definition) is 4. The van der Waals surface area contributed by atoms with Gasteiger partial charge in [0.2, 0.25) is 0 Å². The van der Waals surface area contributed by atoms with E-state index in [1.165, 1.54) is 0 Å². The molecular weight excluding hydrogens is 244 g/mol. The van der Waals surface area contributed by atoms with Crippen LogP contribution < -0.4 is 10.5 Å². The predicted molar refractivity (Wildman–Crippen MR) is 71.1 cm³/mol. The Labute approximate surface area is 112 Å². The Kier molecular flexibility index (Phi) is 3.75. The van der Waals surface area contributed by atoms with Crippen LogP contribution in [0.25, 0.3) is 0 Å². The normalized spacial score (nSPS) is 17.8. The van der Waals surface area contributed by atoms with Gasteiger partial charge in [-0.3, -0.25) is 9.78 Å². The molecule has 1 fully saturated rings. The minimum Gasteiger partial charge on any atom is -0.497 e. The lowest BCUT2D eigenvalue weighted by Crippen LogP contribution is -2.42. The molecule has 0 amide bonds. The van der Waals surface area contributed by atoms with Gasteiger partial charge in [0.25, 0.3) is 0 Å². The SMILES string of the molecule is COc1cc(C)nc(CC(CN)(C(=O)O)C2CC2)c1. The summed E-state index contributed by atoms with van der Waals surface area (Å²) >= 11 is 0. The van der Waals surface area contributed by atoms with Gasteiger partial charge < -0.3 is 15.6 Å². The van der Waals surface area contributed by atoms with Crippen molar-refractivity contribution in [2.45, 2.75) is 26.2 Å². The van der Waals surface area contributed by atoms with Gasteiger partial charge >= 0.3 is 5.97 Å². The average Bonchev–Trinajstić information content (AvgIpc) is 3.19. The predicted octanol–water partition coefficient (Wildman–Crippen LogP) is 1.38. The highest BCUT2D eigenvalue weighted by atomic mass is 16.5. The quantitative estimate of drug-likeness (QED) is 0.810. The molecule has 2 rings (SSSR count). The summed E-state index contributed by atoms with van der Waals surface area (Å²) in [5, 5.41) is 9.55. The Balaban J connectivity index is 2.31. The number of carboxylic acids is 1. The van der Waals surface area contributed by atoms with Crippen LogP contribution in [0, 0.1) is 18.3 Å². The Morgan fingerprint density at radius 3 is 2.74 bits per heavy atom. The Hall–Kier alpha value is -1.62. The maximum atomic E-state index is 11.6. The Morgan fingerprint density at radius 1 is 1.58 bits per heavy atom. The first kappa shape index (κ1) is 13.8. The van der Waals surface area contributed by atoms with Gasteiger partial charge in [-0.2, -0.15) is 0 Å². The zero-order valence-electron chi connectivity index (χ0n) is 11.3. The lowest BCUT2D eigenvalue weighted by Gasteiger charge is -2.27. The second-order valence-electron chi connectivity index (χ2n) is 5.26. The number of aliphatic carboxylic acids is 1. The second kappa shape index (κ2) is 5.17. The number of rotatable bonds is 6. The second-order valence-corrected chi connectivity index (χ2v) is 5.26. The fraction of sp³-hybridized carbons (Fsp3) is 0.571. The van der Waals surface area contributed by atoms with Gasteiger partial charge in [0.05, 0.1) is 12.5 Å². The number of nitrogens with two attached hydrogens (primary N) is 1. The molecule has 19 heavy (non-hydrogen) atoms. The van der Waals surface area contributed by atoms with Gasteiger partial charge in [-0.1, -0.05) is 0 Å². The average molecular weight is 264 g/mol. The molecular formula is C14H20N2O3. The molecule has 1 atom stereocenters. The molecule has 1 saturated carbocycles. The summed E-state index contributed by atoms with van der Waals surface area (Å²) in [5.41, 5.74) is 6.44. The first-order valence-corrected chi connectivity index (χ1v) is 6.47. The van der Waals surface area contributed by atoms with Gasteiger partial charge in [0, 0.05) is 36.5 Å². The van der Waals surface area contributed by atoms with Crippen LogP contribution in [-0.4, -0.2) is 29.7 Å². The van der Waals surface area contributed by atoms with Gasteiger partial charge in [-0.15, -0.1) is 0 Å². The molecule has 5 heteroatoms. The molecule has 1 unspecified atom stereocenters. The van der Waals surface area contributed by atoms with Crippen LogP contribution in [-0.2, 0) is 11.2 Å². The molecule has 1 aromatic heterocycles. The molecule has 0 saturated heterocycles. The lowest BCUT2D eigenvalue weighted by atomic mass is 9.78. The van der Waals surface area contributed by atoms with Crippen LogP contribution in [0.3, 0.4) is 0 Å². The van der Waals surface area contributed by atoms with Crippen molar-refractivity contribution in [2.24, 2.45) is 17.1 Å². The van der Waals surface area contributed by atoms with E-state index in [-0.39, 0.29) is 12.5 Å². The summed E-state index contributed by atoms with van der Waals surface area (Å²) < 4.78 is 5.20. The molecule has 1 aliphatic rings. The molecule has 1 aromatic rings. The monoisotopic (exact) mass is 264 g/mol. The molecule has 5 nitrogen and oxygen atoms in total. The maximum Gasteiger partial charge on any atom is 0.311 e. The van der Waals surface area contributed by atoms with Crippen LogP contribution in [0.4, 0.5) is 0 Å². The van der Waals surface area contributed by atoms with E-state index >= 15 is 0 Å². The zero-order valence-corrected chi connectivity index (χ0v) is 11.3. The summed E-state index contributed by atoms with van der Waals surface area (Å²) in [4.78, 5) is 16.0. The van der Waals surface area contributed by atoms with E-state index in [0.717, 1.165) is 24.2 Å². The smallest absolute Gasteiger partial charge is 0.311 e. The Morgan fingerprint density at radius 2 is 2.26 bits per heavy atom. The highest BCUT2D eigenvalue weighted by molar-refractivity contribution is 5.76. The summed E-state index contributed by atoms with van der Waals surface area (Å²) in [7, 11) is 1.59. The van der Waals surface area contributed by atoms with E-state index in [1.54, 1.807) is 13.2 Å². The fourth-order valence-corrected chi connectivity index (χ4v) is 2.59. The van der Waals surface area contributed by atoms with Crippen molar-refractivity contribution in [3.05, 3.63) is 23.5 Å². The van der Waals surface area contributed by atoms with Gasteiger partial charge in [-0.25, -0.2) is 0 Å². The van der Waals surface area contributed by atoms with Crippen LogP contribution in [0.15, 0.2) is 12.1 Å². The molecule has 1 aliphatic carbocycles. The van der Waals surface area contributed by atoms with Gasteiger partial charge in [-0.05, 0) is 25.7 Å². The standard InChI is InChI=1S/C14H20N2O3/c1-9-5-12(19-2)6-11(16-9)7-14(8-15,13(17)18)10-3-4-10/h5-6,10H,3-4,7-8,15H2,1-2H3,(H,17,18). The van der Waals surface area contributed by atoms with E-state index in [4.69, 9.17) is 10.5 Å². The van der Waals surface area contributed by atoms with E-state index in [9.17, 15) is 9.90 Å². The number of aryl methyl sites for hydroxylation is 1. The molecule has 1 heterocycles. The van der Waals surface area contributed by atoms with Crippen LogP contribution >= 0.6 is 0 Å². The zero-order chi connectivity index (χ0) is 14.0. The van der Waals surface area contributed by atoms with E-state index in [1.807, 2.05) is 13.0 Å². The summed E-state index contributed by atoms with van der Waals surface area (Å²) in [6.45, 7) is 2.01. The van der Waals surface area contributed by atoms with Crippen molar-refractivity contribution < 1.29 is 14.6 Å². The van der Waals surface area contributed by atoms with Crippen LogP contribution in [0.1, 0.15) is 24.2 Å². The molecule has 0 spiro atoms. The van der Waals surface area contributed by atoms with Crippen molar-refractivity contribution in [3.8, 4) is 5.75 Å². The number of pyridine rings is 1. The minimum absolute atomic E-state index is 0.144. The summed E-state index contributed by atoms with van der Waals surface area (Å²) in [6, 6.07) is 3.62. The number of nitrogens with zero attached hydrogens (tertiary/aromatic N) is 1. The first-order valence-electron chi connectivity index (χ1n) is 6.47. The number of carboxylic acid groups (broad SMARTS) is 1. The number of carbonyl (C=O) groups is 1. The van der Waals surface area contributed by atoms with Gasteiger partial charge in [0.15, 0.2) is 0 Å². The topological polar surface area (TPSA) is 85.4 Å². The number of methoxy groups -OCH3 is 1. The van der Waals surface area contributed by atoms with E-state index < -0.39 is 11.4 Å². The van der Waals surface area contributed by atoms with Crippen LogP contribution in [0.5, 0.6) is 5.75 Å². The number of aromatic nitrogens is 1. The molecule has 104 valence electrons. The molecule has 3 N–H and O–H groups in total. The Bertz CT molecular complexity index is 486. The van der Waals surface area contributed by atoms with Crippen molar-refractivity contribution in [1.29, 1.82) is 0 Å². The highest BCUT2D eigenvalue weighted by Crippen LogP contribution is 2.47. The minimum atomic E-state index is -0.883. The number of ether oxygens (including phenoxy) is 1. The fourth-order valence-electron chi connectivity index (χ4n) is 2.59. The third-order valence-electron chi connectivity index (χ3n) is 3.86.